The summed E-state index contributed by atoms with van der Waals surface area (Å²) in [7, 11) is 3.47. The lowest BCUT2D eigenvalue weighted by atomic mass is 10.0. The van der Waals surface area contributed by atoms with Gasteiger partial charge in [0.2, 0.25) is 5.91 Å². The summed E-state index contributed by atoms with van der Waals surface area (Å²) >= 11 is 5.65. The molecule has 112 valence electrons. The molecule has 0 aromatic heterocycles. The van der Waals surface area contributed by atoms with Crippen molar-refractivity contribution in [1.29, 1.82) is 0 Å². The van der Waals surface area contributed by atoms with Gasteiger partial charge in [0, 0.05) is 20.6 Å². The van der Waals surface area contributed by atoms with Gasteiger partial charge in [-0.1, -0.05) is 31.5 Å². The molecule has 0 aliphatic heterocycles. The fourth-order valence-corrected chi connectivity index (χ4v) is 2.06. The van der Waals surface area contributed by atoms with Crippen LogP contribution >= 0.6 is 11.6 Å². The zero-order valence-electron chi connectivity index (χ0n) is 12.4. The molecule has 0 radical (unpaired) electrons. The van der Waals surface area contributed by atoms with E-state index in [-0.39, 0.29) is 17.0 Å². The molecule has 0 aliphatic rings. The van der Waals surface area contributed by atoms with Gasteiger partial charge in [0.15, 0.2) is 0 Å². The van der Waals surface area contributed by atoms with Crippen LogP contribution in [0.3, 0.4) is 0 Å². The first kappa shape index (κ1) is 16.9. The highest BCUT2D eigenvalue weighted by Crippen LogP contribution is 2.16. The second-order valence-corrected chi connectivity index (χ2v) is 5.95. The summed E-state index contributed by atoms with van der Waals surface area (Å²) < 4.78 is 13.4. The highest BCUT2D eigenvalue weighted by Gasteiger charge is 2.20. The molecule has 0 spiro atoms. The molecule has 0 saturated carbocycles. The van der Waals surface area contributed by atoms with Crippen molar-refractivity contribution in [3.05, 3.63) is 34.6 Å². The second kappa shape index (κ2) is 7.60. The van der Waals surface area contributed by atoms with Crippen LogP contribution in [0.25, 0.3) is 0 Å². The van der Waals surface area contributed by atoms with Crippen molar-refractivity contribution in [3.8, 4) is 0 Å². The van der Waals surface area contributed by atoms with Gasteiger partial charge in [0.1, 0.15) is 5.82 Å². The Hall–Kier alpha value is -1.13. The zero-order valence-corrected chi connectivity index (χ0v) is 13.2. The molecule has 0 saturated heterocycles. The monoisotopic (exact) mass is 300 g/mol. The minimum atomic E-state index is -0.440. The highest BCUT2D eigenvalue weighted by atomic mass is 35.5. The van der Waals surface area contributed by atoms with E-state index in [1.54, 1.807) is 25.1 Å². The molecule has 0 aliphatic carbocycles. The van der Waals surface area contributed by atoms with Crippen LogP contribution in [0.2, 0.25) is 5.02 Å². The third-order valence-corrected chi connectivity index (χ3v) is 3.29. The maximum atomic E-state index is 13.4. The highest BCUT2D eigenvalue weighted by molar-refractivity contribution is 6.30. The van der Waals surface area contributed by atoms with Crippen molar-refractivity contribution in [1.82, 2.24) is 10.2 Å². The number of rotatable bonds is 6. The van der Waals surface area contributed by atoms with E-state index in [0.717, 1.165) is 12.0 Å². The lowest BCUT2D eigenvalue weighted by molar-refractivity contribution is -0.131. The Kier molecular flexibility index (Phi) is 6.43. The van der Waals surface area contributed by atoms with Crippen molar-refractivity contribution in [2.24, 2.45) is 5.92 Å². The van der Waals surface area contributed by atoms with Crippen LogP contribution < -0.4 is 5.32 Å². The maximum absolute atomic E-state index is 13.4. The van der Waals surface area contributed by atoms with Gasteiger partial charge in [-0.2, -0.15) is 0 Å². The Balaban J connectivity index is 2.70. The van der Waals surface area contributed by atoms with Crippen LogP contribution in [-0.2, 0) is 11.3 Å². The summed E-state index contributed by atoms with van der Waals surface area (Å²) in [6.07, 6.45) is 0.743. The first-order valence-electron chi connectivity index (χ1n) is 6.69. The Labute approximate surface area is 125 Å². The van der Waals surface area contributed by atoms with E-state index in [9.17, 15) is 9.18 Å². The summed E-state index contributed by atoms with van der Waals surface area (Å²) in [5.74, 6) is -0.00296. The number of carbonyl (C=O) groups is 1. The molecule has 0 fully saturated rings. The molecule has 0 bridgehead atoms. The number of benzene rings is 1. The summed E-state index contributed by atoms with van der Waals surface area (Å²) in [5.41, 5.74) is 0.771. The second-order valence-electron chi connectivity index (χ2n) is 5.54. The Morgan fingerprint density at radius 3 is 2.55 bits per heavy atom. The first-order valence-corrected chi connectivity index (χ1v) is 7.07. The number of carbonyl (C=O) groups excluding carboxylic acids is 1. The molecule has 0 heterocycles. The van der Waals surface area contributed by atoms with Crippen molar-refractivity contribution in [2.45, 2.75) is 32.9 Å². The number of hydrogen-bond acceptors (Lipinski definition) is 2. The van der Waals surface area contributed by atoms with Crippen molar-refractivity contribution in [2.75, 3.05) is 14.1 Å². The molecular weight excluding hydrogens is 279 g/mol. The van der Waals surface area contributed by atoms with Gasteiger partial charge in [0.05, 0.1) is 11.1 Å². The lowest BCUT2D eigenvalue weighted by Crippen LogP contribution is -2.44. The van der Waals surface area contributed by atoms with E-state index in [1.165, 1.54) is 12.1 Å². The Bertz CT molecular complexity index is 463. The van der Waals surface area contributed by atoms with Crippen molar-refractivity contribution in [3.63, 3.8) is 0 Å². The number of hydrogen-bond donors (Lipinski definition) is 1. The van der Waals surface area contributed by atoms with Crippen LogP contribution in [0.4, 0.5) is 4.39 Å². The van der Waals surface area contributed by atoms with Crippen LogP contribution in [0, 0.1) is 11.7 Å². The Morgan fingerprint density at radius 1 is 1.40 bits per heavy atom. The van der Waals surface area contributed by atoms with Crippen molar-refractivity contribution < 1.29 is 9.18 Å². The zero-order chi connectivity index (χ0) is 15.3. The van der Waals surface area contributed by atoms with Crippen LogP contribution in [0.5, 0.6) is 0 Å². The first-order chi connectivity index (χ1) is 9.31. The van der Waals surface area contributed by atoms with Crippen LogP contribution in [0.15, 0.2) is 18.2 Å². The van der Waals surface area contributed by atoms with E-state index >= 15 is 0 Å². The summed E-state index contributed by atoms with van der Waals surface area (Å²) in [6, 6.07) is 4.41. The van der Waals surface area contributed by atoms with E-state index in [1.807, 2.05) is 0 Å². The molecule has 1 rings (SSSR count). The number of halogens is 2. The van der Waals surface area contributed by atoms with Crippen molar-refractivity contribution >= 4 is 17.5 Å². The number of amides is 1. The minimum Gasteiger partial charge on any atom is -0.347 e. The fraction of sp³-hybridized carbons (Fsp3) is 0.533. The normalized spacial score (nSPS) is 12.6. The SMILES string of the molecule is CC(C)CC(NCc1ccc(Cl)c(F)c1)C(=O)N(C)C. The molecule has 1 aromatic carbocycles. The Morgan fingerprint density at radius 2 is 2.05 bits per heavy atom. The van der Waals surface area contributed by atoms with Gasteiger partial charge in [-0.15, -0.1) is 0 Å². The van der Waals surface area contributed by atoms with Crippen LogP contribution in [0.1, 0.15) is 25.8 Å². The van der Waals surface area contributed by atoms with E-state index in [2.05, 4.69) is 19.2 Å². The third kappa shape index (κ3) is 5.10. The molecule has 1 unspecified atom stereocenters. The number of likely N-dealkylation sites (N-methyl/N-ethyl adjacent to an activating group) is 1. The summed E-state index contributed by atoms with van der Waals surface area (Å²) in [4.78, 5) is 13.7. The summed E-state index contributed by atoms with van der Waals surface area (Å²) in [6.45, 7) is 4.57. The predicted molar refractivity (Wildman–Crippen MR) is 80.2 cm³/mol. The van der Waals surface area contributed by atoms with Crippen LogP contribution in [-0.4, -0.2) is 30.9 Å². The fourth-order valence-electron chi connectivity index (χ4n) is 1.95. The molecule has 5 heteroatoms. The number of nitrogens with zero attached hydrogens (tertiary/aromatic N) is 1. The van der Waals surface area contributed by atoms with E-state index in [0.29, 0.717) is 12.5 Å². The molecule has 1 atom stereocenters. The maximum Gasteiger partial charge on any atom is 0.239 e. The molecule has 3 nitrogen and oxygen atoms in total. The van der Waals surface area contributed by atoms with Gasteiger partial charge in [0.25, 0.3) is 0 Å². The van der Waals surface area contributed by atoms with Gasteiger partial charge < -0.3 is 10.2 Å². The molecule has 20 heavy (non-hydrogen) atoms. The standard InChI is InChI=1S/C15H22ClFN2O/c1-10(2)7-14(15(20)19(3)4)18-9-11-5-6-12(16)13(17)8-11/h5-6,8,10,14,18H,7,9H2,1-4H3. The molecule has 1 amide bonds. The van der Waals surface area contributed by atoms with E-state index < -0.39 is 5.82 Å². The smallest absolute Gasteiger partial charge is 0.239 e. The lowest BCUT2D eigenvalue weighted by Gasteiger charge is -2.23. The number of nitrogens with one attached hydrogen (secondary N) is 1. The average molecular weight is 301 g/mol. The van der Waals surface area contributed by atoms with Gasteiger partial charge in [-0.05, 0) is 30.0 Å². The topological polar surface area (TPSA) is 32.3 Å². The quantitative estimate of drug-likeness (QED) is 0.875. The van der Waals surface area contributed by atoms with Gasteiger partial charge >= 0.3 is 0 Å². The van der Waals surface area contributed by atoms with E-state index in [4.69, 9.17) is 11.6 Å². The molecule has 1 aromatic rings. The molecular formula is C15H22ClFN2O. The molecule has 1 N–H and O–H groups in total. The average Bonchev–Trinajstić information content (AvgIpc) is 2.37. The third-order valence-electron chi connectivity index (χ3n) is 2.98. The van der Waals surface area contributed by atoms with Gasteiger partial charge in [-0.25, -0.2) is 4.39 Å². The van der Waals surface area contributed by atoms with Gasteiger partial charge in [-0.3, -0.25) is 4.79 Å². The minimum absolute atomic E-state index is 0.0353. The largest absolute Gasteiger partial charge is 0.347 e. The summed E-state index contributed by atoms with van der Waals surface area (Å²) in [5, 5.41) is 3.30. The predicted octanol–water partition coefficient (Wildman–Crippen LogP) is 3.07.